The summed E-state index contributed by atoms with van der Waals surface area (Å²) < 4.78 is 10.5. The minimum Gasteiger partial charge on any atom is -0.460 e. The van der Waals surface area contributed by atoms with Crippen LogP contribution in [0.5, 0.6) is 0 Å². The van der Waals surface area contributed by atoms with Gasteiger partial charge < -0.3 is 35.0 Å². The van der Waals surface area contributed by atoms with E-state index in [1.807, 2.05) is 18.2 Å². The summed E-state index contributed by atoms with van der Waals surface area (Å²) in [5.41, 5.74) is -0.0229. The van der Waals surface area contributed by atoms with Crippen LogP contribution in [0, 0.1) is 0 Å². The third-order valence-corrected chi connectivity index (χ3v) is 6.44. The van der Waals surface area contributed by atoms with E-state index >= 15 is 0 Å². The Kier molecular flexibility index (Phi) is 11.8. The van der Waals surface area contributed by atoms with Crippen LogP contribution < -0.4 is 10.6 Å². The fourth-order valence-corrected chi connectivity index (χ4v) is 4.34. The standard InChI is InChI=1S/C30H42N6O7/c1-6-42-29(41)36-16-14-35(15-17-36)28(40)22(12-13-25(38)43-30(3,4)5)33-27(39)23-18-24(31-20(2)19-37)34-26(32-23)21-10-8-7-9-11-21/h7-11,18,20,22,37H,6,12-17,19H2,1-5H3,(H,33,39)(H,31,32,34)/t20-,22?/m0/s1. The molecular weight excluding hydrogens is 556 g/mol. The number of amides is 3. The van der Waals surface area contributed by atoms with Crippen molar-refractivity contribution in [3.05, 3.63) is 42.1 Å². The summed E-state index contributed by atoms with van der Waals surface area (Å²) in [5.74, 6) is -0.901. The van der Waals surface area contributed by atoms with E-state index in [4.69, 9.17) is 9.47 Å². The highest BCUT2D eigenvalue weighted by atomic mass is 16.6. The zero-order valence-corrected chi connectivity index (χ0v) is 25.5. The molecule has 2 aromatic rings. The number of benzene rings is 1. The van der Waals surface area contributed by atoms with E-state index in [9.17, 15) is 24.3 Å². The van der Waals surface area contributed by atoms with Gasteiger partial charge in [-0.15, -0.1) is 0 Å². The van der Waals surface area contributed by atoms with Crippen molar-refractivity contribution in [2.45, 2.75) is 65.1 Å². The van der Waals surface area contributed by atoms with Crippen LogP contribution in [-0.2, 0) is 19.1 Å². The van der Waals surface area contributed by atoms with Gasteiger partial charge in [0.1, 0.15) is 23.2 Å². The van der Waals surface area contributed by atoms with Crippen LogP contribution in [0.25, 0.3) is 11.4 Å². The molecule has 1 aliphatic heterocycles. The van der Waals surface area contributed by atoms with Gasteiger partial charge in [-0.25, -0.2) is 14.8 Å². The van der Waals surface area contributed by atoms with Crippen LogP contribution in [0.3, 0.4) is 0 Å². The number of hydrogen-bond acceptors (Lipinski definition) is 10. The fourth-order valence-electron chi connectivity index (χ4n) is 4.34. The molecule has 1 unspecified atom stereocenters. The highest BCUT2D eigenvalue weighted by Gasteiger charge is 2.32. The van der Waals surface area contributed by atoms with E-state index in [2.05, 4.69) is 20.6 Å². The lowest BCUT2D eigenvalue weighted by atomic mass is 10.1. The largest absolute Gasteiger partial charge is 0.460 e. The first-order chi connectivity index (χ1) is 20.4. The number of esters is 1. The van der Waals surface area contributed by atoms with Gasteiger partial charge in [0.15, 0.2) is 5.82 Å². The number of carbonyl (C=O) groups excluding carboxylic acids is 4. The minimum absolute atomic E-state index is 0.000850. The number of aromatic nitrogens is 2. The predicted octanol–water partition coefficient (Wildman–Crippen LogP) is 2.46. The summed E-state index contributed by atoms with van der Waals surface area (Å²) >= 11 is 0. The monoisotopic (exact) mass is 598 g/mol. The van der Waals surface area contributed by atoms with Crippen LogP contribution in [0.2, 0.25) is 0 Å². The van der Waals surface area contributed by atoms with E-state index in [0.29, 0.717) is 11.4 Å². The van der Waals surface area contributed by atoms with Crippen LogP contribution in [0.1, 0.15) is 57.9 Å². The Balaban J connectivity index is 1.84. The minimum atomic E-state index is -1.06. The first-order valence-corrected chi connectivity index (χ1v) is 14.4. The molecular formula is C30H42N6O7. The molecule has 1 aromatic carbocycles. The molecule has 3 rings (SSSR count). The number of carbonyl (C=O) groups is 4. The zero-order valence-electron chi connectivity index (χ0n) is 25.5. The van der Waals surface area contributed by atoms with Crippen molar-refractivity contribution in [1.29, 1.82) is 0 Å². The quantitative estimate of drug-likeness (QED) is 0.328. The SMILES string of the molecule is CCOC(=O)N1CCN(C(=O)C(CCC(=O)OC(C)(C)C)NC(=O)c2cc(N[C@@H](C)CO)nc(-c3ccccc3)n2)CC1. The predicted molar refractivity (Wildman–Crippen MR) is 159 cm³/mol. The van der Waals surface area contributed by atoms with Crippen molar-refractivity contribution in [3.8, 4) is 11.4 Å². The van der Waals surface area contributed by atoms with Gasteiger partial charge in [-0.3, -0.25) is 14.4 Å². The van der Waals surface area contributed by atoms with E-state index in [1.165, 1.54) is 11.0 Å². The topological polar surface area (TPSA) is 163 Å². The summed E-state index contributed by atoms with van der Waals surface area (Å²) in [6, 6.07) is 9.15. The Morgan fingerprint density at radius 3 is 2.28 bits per heavy atom. The number of aliphatic hydroxyl groups excluding tert-OH is 1. The molecule has 1 fully saturated rings. The van der Waals surface area contributed by atoms with Crippen LogP contribution in [0.15, 0.2) is 36.4 Å². The lowest BCUT2D eigenvalue weighted by molar-refractivity contribution is -0.155. The molecule has 2 heterocycles. The normalized spacial score (nSPS) is 14.8. The van der Waals surface area contributed by atoms with Gasteiger partial charge >= 0.3 is 12.1 Å². The van der Waals surface area contributed by atoms with Crippen molar-refractivity contribution in [2.75, 3.05) is 44.7 Å². The van der Waals surface area contributed by atoms with Crippen LogP contribution >= 0.6 is 0 Å². The molecule has 0 aliphatic carbocycles. The molecule has 0 saturated carbocycles. The van der Waals surface area contributed by atoms with Gasteiger partial charge in [0.25, 0.3) is 5.91 Å². The molecule has 0 radical (unpaired) electrons. The maximum atomic E-state index is 13.7. The van der Waals surface area contributed by atoms with Gasteiger partial charge in [-0.2, -0.15) is 0 Å². The van der Waals surface area contributed by atoms with Crippen molar-refractivity contribution in [2.24, 2.45) is 0 Å². The van der Waals surface area contributed by atoms with Gasteiger partial charge in [-0.1, -0.05) is 30.3 Å². The summed E-state index contributed by atoms with van der Waals surface area (Å²) in [6.07, 6.45) is -0.542. The summed E-state index contributed by atoms with van der Waals surface area (Å²) in [4.78, 5) is 63.9. The Morgan fingerprint density at radius 2 is 1.67 bits per heavy atom. The van der Waals surface area contributed by atoms with E-state index in [-0.39, 0.29) is 75.7 Å². The van der Waals surface area contributed by atoms with Crippen LogP contribution in [-0.4, -0.2) is 106 Å². The molecule has 13 nitrogen and oxygen atoms in total. The highest BCUT2D eigenvalue weighted by molar-refractivity contribution is 5.97. The average Bonchev–Trinajstić information content (AvgIpc) is 2.98. The zero-order chi connectivity index (χ0) is 31.6. The molecule has 43 heavy (non-hydrogen) atoms. The van der Waals surface area contributed by atoms with Crippen molar-refractivity contribution in [3.63, 3.8) is 0 Å². The van der Waals surface area contributed by atoms with E-state index < -0.39 is 29.6 Å². The maximum Gasteiger partial charge on any atom is 0.409 e. The van der Waals surface area contributed by atoms with Gasteiger partial charge in [0.05, 0.1) is 13.2 Å². The Labute approximate surface area is 252 Å². The molecule has 0 bridgehead atoms. The molecule has 3 N–H and O–H groups in total. The van der Waals surface area contributed by atoms with Crippen LogP contribution in [0.4, 0.5) is 10.6 Å². The van der Waals surface area contributed by atoms with Crippen molar-refractivity contribution < 1.29 is 33.8 Å². The molecule has 1 saturated heterocycles. The first kappa shape index (κ1) is 33.2. The molecule has 1 aromatic heterocycles. The number of ether oxygens (including phenoxy) is 2. The van der Waals surface area contributed by atoms with E-state index in [0.717, 1.165) is 0 Å². The Bertz CT molecular complexity index is 1260. The molecule has 3 amide bonds. The number of aliphatic hydroxyl groups is 1. The van der Waals surface area contributed by atoms with Crippen molar-refractivity contribution >= 4 is 29.7 Å². The number of rotatable bonds is 11. The summed E-state index contributed by atoms with van der Waals surface area (Å²) in [5, 5.41) is 15.3. The van der Waals surface area contributed by atoms with Gasteiger partial charge in [-0.05, 0) is 41.0 Å². The lowest BCUT2D eigenvalue weighted by Gasteiger charge is -2.36. The van der Waals surface area contributed by atoms with Crippen molar-refractivity contribution in [1.82, 2.24) is 25.1 Å². The summed E-state index contributed by atoms with van der Waals surface area (Å²) in [7, 11) is 0. The van der Waals surface area contributed by atoms with E-state index in [1.54, 1.807) is 51.7 Å². The maximum absolute atomic E-state index is 13.7. The third kappa shape index (κ3) is 10.2. The third-order valence-electron chi connectivity index (χ3n) is 6.44. The fraction of sp³-hybridized carbons (Fsp3) is 0.533. The lowest BCUT2D eigenvalue weighted by Crippen LogP contribution is -2.56. The molecule has 13 heteroatoms. The Morgan fingerprint density at radius 1 is 1.02 bits per heavy atom. The molecule has 2 atom stereocenters. The summed E-state index contributed by atoms with van der Waals surface area (Å²) in [6.45, 7) is 9.88. The van der Waals surface area contributed by atoms with Gasteiger partial charge in [0.2, 0.25) is 5.91 Å². The Hall–Kier alpha value is -4.26. The second-order valence-corrected chi connectivity index (χ2v) is 11.2. The number of piperazine rings is 1. The van der Waals surface area contributed by atoms with Gasteiger partial charge in [0, 0.05) is 50.3 Å². The second-order valence-electron chi connectivity index (χ2n) is 11.2. The number of hydrogen-bond donors (Lipinski definition) is 3. The first-order valence-electron chi connectivity index (χ1n) is 14.4. The number of nitrogens with one attached hydrogen (secondary N) is 2. The number of anilines is 1. The molecule has 1 aliphatic rings. The smallest absolute Gasteiger partial charge is 0.409 e. The second kappa shape index (κ2) is 15.3. The average molecular weight is 599 g/mol. The molecule has 0 spiro atoms. The number of nitrogens with zero attached hydrogens (tertiary/aromatic N) is 4. The highest BCUT2D eigenvalue weighted by Crippen LogP contribution is 2.19. The molecule has 234 valence electrons.